The van der Waals surface area contributed by atoms with Gasteiger partial charge >= 0.3 is 0 Å². The average Bonchev–Trinajstić information content (AvgIpc) is 2.58. The lowest BCUT2D eigenvalue weighted by molar-refractivity contribution is -0.385. The number of nitrogens with zero attached hydrogens (tertiary/aromatic N) is 2. The number of benzene rings is 2. The minimum atomic E-state index is -3.82. The summed E-state index contributed by atoms with van der Waals surface area (Å²) in [4.78, 5) is 22.8. The van der Waals surface area contributed by atoms with Gasteiger partial charge in [-0.3, -0.25) is 19.2 Å². The van der Waals surface area contributed by atoms with Crippen LogP contribution >= 0.6 is 0 Å². The van der Waals surface area contributed by atoms with Gasteiger partial charge in [0.25, 0.3) is 5.69 Å². The van der Waals surface area contributed by atoms with Gasteiger partial charge in [0.1, 0.15) is 6.54 Å². The Morgan fingerprint density at radius 3 is 2.33 bits per heavy atom. The van der Waals surface area contributed by atoms with E-state index in [2.05, 4.69) is 5.32 Å². The number of aryl methyl sites for hydroxylation is 1. The third-order valence-electron chi connectivity index (χ3n) is 4.04. The average molecular weight is 391 g/mol. The van der Waals surface area contributed by atoms with Gasteiger partial charge < -0.3 is 5.32 Å². The van der Waals surface area contributed by atoms with Crippen LogP contribution in [0.3, 0.4) is 0 Å². The summed E-state index contributed by atoms with van der Waals surface area (Å²) in [6, 6.07) is 11.7. The van der Waals surface area contributed by atoms with Gasteiger partial charge in [-0.05, 0) is 25.5 Å². The Morgan fingerprint density at radius 2 is 1.78 bits per heavy atom. The number of nitrogens with one attached hydrogen (secondary N) is 1. The molecule has 0 aromatic heterocycles. The van der Waals surface area contributed by atoms with Crippen LogP contribution in [0.4, 0.5) is 11.4 Å². The van der Waals surface area contributed by atoms with Gasteiger partial charge in [-0.2, -0.15) is 0 Å². The summed E-state index contributed by atoms with van der Waals surface area (Å²) < 4.78 is 25.3. The van der Waals surface area contributed by atoms with Crippen molar-refractivity contribution in [2.75, 3.05) is 17.1 Å². The normalized spacial score (nSPS) is 11.1. The lowest BCUT2D eigenvalue weighted by atomic mass is 10.1. The lowest BCUT2D eigenvalue weighted by Gasteiger charge is -2.23. The molecule has 0 radical (unpaired) electrons. The molecule has 27 heavy (non-hydrogen) atoms. The molecular formula is C18H21N3O5S. The minimum absolute atomic E-state index is 0.109. The van der Waals surface area contributed by atoms with Crippen LogP contribution in [-0.4, -0.2) is 32.0 Å². The highest BCUT2D eigenvalue weighted by molar-refractivity contribution is 7.92. The van der Waals surface area contributed by atoms with Gasteiger partial charge in [0.2, 0.25) is 15.9 Å². The molecule has 9 heteroatoms. The van der Waals surface area contributed by atoms with E-state index in [1.807, 2.05) is 31.2 Å². The van der Waals surface area contributed by atoms with Gasteiger partial charge in [-0.1, -0.05) is 35.9 Å². The fourth-order valence-electron chi connectivity index (χ4n) is 2.55. The molecule has 0 atom stereocenters. The Labute approximate surface area is 158 Å². The molecule has 1 N–H and O–H groups in total. The first-order valence-corrected chi connectivity index (χ1v) is 9.98. The van der Waals surface area contributed by atoms with Gasteiger partial charge in [-0.25, -0.2) is 8.42 Å². The number of carbonyl (C=O) groups excluding carboxylic acids is 1. The molecule has 0 aliphatic carbocycles. The zero-order valence-electron chi connectivity index (χ0n) is 15.3. The number of nitro groups is 1. The number of carbonyl (C=O) groups is 1. The van der Waals surface area contributed by atoms with E-state index in [1.54, 1.807) is 0 Å². The maximum absolute atomic E-state index is 12.3. The van der Waals surface area contributed by atoms with Crippen LogP contribution in [0.15, 0.2) is 42.5 Å². The van der Waals surface area contributed by atoms with E-state index < -0.39 is 27.4 Å². The molecule has 0 unspecified atom stereocenters. The quantitative estimate of drug-likeness (QED) is 0.575. The zero-order valence-corrected chi connectivity index (χ0v) is 16.1. The first-order chi connectivity index (χ1) is 12.6. The molecular weight excluding hydrogens is 370 g/mol. The summed E-state index contributed by atoms with van der Waals surface area (Å²) in [6.45, 7) is 3.20. The summed E-state index contributed by atoms with van der Waals surface area (Å²) in [6.07, 6.45) is 0.957. The third-order valence-corrected chi connectivity index (χ3v) is 5.17. The van der Waals surface area contributed by atoms with Crippen molar-refractivity contribution in [1.29, 1.82) is 0 Å². The maximum Gasteiger partial charge on any atom is 0.274 e. The van der Waals surface area contributed by atoms with E-state index in [0.29, 0.717) is 0 Å². The van der Waals surface area contributed by atoms with Gasteiger partial charge in [0.05, 0.1) is 22.4 Å². The van der Waals surface area contributed by atoms with Crippen molar-refractivity contribution in [1.82, 2.24) is 5.32 Å². The molecule has 2 aromatic carbocycles. The van der Waals surface area contributed by atoms with Crippen molar-refractivity contribution in [3.05, 3.63) is 69.3 Å². The first kappa shape index (κ1) is 20.4. The number of hydrogen-bond acceptors (Lipinski definition) is 5. The summed E-state index contributed by atoms with van der Waals surface area (Å²) in [7, 11) is -3.82. The smallest absolute Gasteiger partial charge is 0.274 e. The Morgan fingerprint density at radius 1 is 1.15 bits per heavy atom. The highest BCUT2D eigenvalue weighted by Crippen LogP contribution is 2.29. The number of sulfonamides is 1. The standard InChI is InChI=1S/C18H21N3O5S/c1-13-7-9-15(10-8-13)11-19-18(22)12-20(27(3,25)26)16-5-4-6-17(14(16)2)21(23)24/h4-10H,11-12H2,1-3H3,(H,19,22). The van der Waals surface area contributed by atoms with Crippen LogP contribution in [0.25, 0.3) is 0 Å². The fraction of sp³-hybridized carbons (Fsp3) is 0.278. The molecule has 0 bridgehead atoms. The third kappa shape index (κ3) is 5.27. The molecule has 1 amide bonds. The topological polar surface area (TPSA) is 110 Å². The van der Waals surface area contributed by atoms with E-state index >= 15 is 0 Å². The second kappa shape index (κ2) is 8.17. The molecule has 8 nitrogen and oxygen atoms in total. The van der Waals surface area contributed by atoms with Crippen LogP contribution < -0.4 is 9.62 Å². The second-order valence-electron chi connectivity index (χ2n) is 6.21. The van der Waals surface area contributed by atoms with Crippen molar-refractivity contribution < 1.29 is 18.1 Å². The Hall–Kier alpha value is -2.94. The molecule has 2 aromatic rings. The maximum atomic E-state index is 12.3. The van der Waals surface area contributed by atoms with Crippen molar-refractivity contribution >= 4 is 27.3 Å². The van der Waals surface area contributed by atoms with Crippen molar-refractivity contribution in [3.8, 4) is 0 Å². The van der Waals surface area contributed by atoms with E-state index in [9.17, 15) is 23.3 Å². The van der Waals surface area contributed by atoms with E-state index in [4.69, 9.17) is 0 Å². The number of amides is 1. The molecule has 0 saturated heterocycles. The molecule has 0 fully saturated rings. The Kier molecular flexibility index (Phi) is 6.17. The SMILES string of the molecule is Cc1ccc(CNC(=O)CN(c2cccc([N+](=O)[O-])c2C)S(C)(=O)=O)cc1. The zero-order chi connectivity index (χ0) is 20.2. The minimum Gasteiger partial charge on any atom is -0.350 e. The van der Waals surface area contributed by atoms with E-state index in [1.165, 1.54) is 25.1 Å². The summed E-state index contributed by atoms with van der Waals surface area (Å²) in [5.74, 6) is -0.507. The van der Waals surface area contributed by atoms with Gasteiger partial charge in [0.15, 0.2) is 0 Å². The molecule has 0 spiro atoms. The van der Waals surface area contributed by atoms with E-state index in [0.717, 1.165) is 21.7 Å². The Bertz CT molecular complexity index is 955. The molecule has 0 aliphatic heterocycles. The molecule has 144 valence electrons. The monoisotopic (exact) mass is 391 g/mol. The summed E-state index contributed by atoms with van der Waals surface area (Å²) in [5, 5.41) is 13.8. The predicted octanol–water partition coefficient (Wildman–Crippen LogP) is 2.29. The number of hydrogen-bond donors (Lipinski definition) is 1. The van der Waals surface area contributed by atoms with Gasteiger partial charge in [-0.15, -0.1) is 0 Å². The van der Waals surface area contributed by atoms with Gasteiger partial charge in [0, 0.05) is 12.6 Å². The van der Waals surface area contributed by atoms with Crippen LogP contribution in [0, 0.1) is 24.0 Å². The number of rotatable bonds is 7. The van der Waals surface area contributed by atoms with Crippen LogP contribution in [-0.2, 0) is 21.4 Å². The van der Waals surface area contributed by atoms with Crippen molar-refractivity contribution in [2.45, 2.75) is 20.4 Å². The van der Waals surface area contributed by atoms with Crippen LogP contribution in [0.5, 0.6) is 0 Å². The number of nitro benzene ring substituents is 1. The van der Waals surface area contributed by atoms with Crippen LogP contribution in [0.2, 0.25) is 0 Å². The highest BCUT2D eigenvalue weighted by Gasteiger charge is 2.25. The predicted molar refractivity (Wildman–Crippen MR) is 103 cm³/mol. The molecule has 2 rings (SSSR count). The molecule has 0 heterocycles. The molecule has 0 saturated carbocycles. The Balaban J connectivity index is 2.20. The largest absolute Gasteiger partial charge is 0.350 e. The van der Waals surface area contributed by atoms with Crippen molar-refractivity contribution in [2.24, 2.45) is 0 Å². The summed E-state index contributed by atoms with van der Waals surface area (Å²) >= 11 is 0. The lowest BCUT2D eigenvalue weighted by Crippen LogP contribution is -2.40. The highest BCUT2D eigenvalue weighted by atomic mass is 32.2. The first-order valence-electron chi connectivity index (χ1n) is 8.13. The summed E-state index contributed by atoms with van der Waals surface area (Å²) in [5.41, 5.74) is 2.05. The fourth-order valence-corrected chi connectivity index (χ4v) is 3.46. The second-order valence-corrected chi connectivity index (χ2v) is 8.12. The van der Waals surface area contributed by atoms with Crippen LogP contribution in [0.1, 0.15) is 16.7 Å². The van der Waals surface area contributed by atoms with E-state index in [-0.39, 0.29) is 23.5 Å². The molecule has 0 aliphatic rings. The number of anilines is 1. The van der Waals surface area contributed by atoms with Crippen molar-refractivity contribution in [3.63, 3.8) is 0 Å².